The van der Waals surface area contributed by atoms with Crippen molar-refractivity contribution in [3.05, 3.63) is 35.9 Å². The summed E-state index contributed by atoms with van der Waals surface area (Å²) in [7, 11) is 0. The number of amides is 1. The number of carbonyl (C=O) groups is 1. The van der Waals surface area contributed by atoms with Gasteiger partial charge >= 0.3 is 29.6 Å². The van der Waals surface area contributed by atoms with E-state index in [1.165, 1.54) is 6.29 Å². The molecule has 19 heavy (non-hydrogen) atoms. The summed E-state index contributed by atoms with van der Waals surface area (Å²) in [5.41, 5.74) is 1.10. The minimum Gasteiger partial charge on any atom is -0.870 e. The molecule has 5 heteroatoms. The van der Waals surface area contributed by atoms with Crippen LogP contribution in [0.2, 0.25) is 0 Å². The smallest absolute Gasteiger partial charge is 0.870 e. The largest absolute Gasteiger partial charge is 1.00 e. The van der Waals surface area contributed by atoms with E-state index in [-0.39, 0.29) is 47.1 Å². The van der Waals surface area contributed by atoms with Gasteiger partial charge in [0.2, 0.25) is 0 Å². The molecule has 1 N–H and O–H groups in total. The minimum atomic E-state index is -0.522. The molecule has 0 aromatic heterocycles. The molecule has 1 heterocycles. The van der Waals surface area contributed by atoms with E-state index in [0.29, 0.717) is 0 Å². The fourth-order valence-electron chi connectivity index (χ4n) is 2.59. The van der Waals surface area contributed by atoms with Crippen LogP contribution in [0.3, 0.4) is 0 Å². The van der Waals surface area contributed by atoms with Crippen molar-refractivity contribution in [3.8, 4) is 0 Å². The summed E-state index contributed by atoms with van der Waals surface area (Å²) >= 11 is 0. The van der Waals surface area contributed by atoms with Crippen LogP contribution in [-0.4, -0.2) is 28.6 Å². The third-order valence-corrected chi connectivity index (χ3v) is 3.42. The predicted octanol–water partition coefficient (Wildman–Crippen LogP) is -0.934. The molecule has 0 radical (unpaired) electrons. The number of likely N-dealkylation sites (tertiary alicyclic amines) is 1. The summed E-state index contributed by atoms with van der Waals surface area (Å²) in [5.74, 6) is -0.522. The first kappa shape index (κ1) is 18.3. The third-order valence-electron chi connectivity index (χ3n) is 3.42. The number of nitrogens with zero attached hydrogens (tertiary/aromatic N) is 1. The van der Waals surface area contributed by atoms with Crippen molar-refractivity contribution in [1.29, 1.82) is 0 Å². The van der Waals surface area contributed by atoms with Crippen LogP contribution in [0.5, 0.6) is 0 Å². The third kappa shape index (κ3) is 4.14. The van der Waals surface area contributed by atoms with Crippen molar-refractivity contribution < 1.29 is 44.6 Å². The zero-order chi connectivity index (χ0) is 12.3. The number of benzene rings is 1. The molecule has 2 rings (SSSR count). The topological polar surface area (TPSA) is 67.4 Å². The Morgan fingerprint density at radius 1 is 1.26 bits per heavy atom. The van der Waals surface area contributed by atoms with E-state index >= 15 is 0 Å². The summed E-state index contributed by atoms with van der Waals surface area (Å²) in [6, 6.07) is 10.0. The molecule has 1 fully saturated rings. The second-order valence-electron chi connectivity index (χ2n) is 4.52. The molecule has 1 aliphatic heterocycles. The van der Waals surface area contributed by atoms with Gasteiger partial charge in [0.1, 0.15) is 5.91 Å². The van der Waals surface area contributed by atoms with Crippen molar-refractivity contribution in [1.82, 2.24) is 4.90 Å². The summed E-state index contributed by atoms with van der Waals surface area (Å²) in [5, 5.41) is 0. The number of hydrogen-bond donors (Lipinski definition) is 0. The molecule has 1 amide bonds. The Morgan fingerprint density at radius 2 is 1.89 bits per heavy atom. The Balaban J connectivity index is 0.00000162. The Labute approximate surface area is 135 Å². The van der Waals surface area contributed by atoms with Gasteiger partial charge in [-0.05, 0) is 31.7 Å². The Hall–Kier alpha value is -0.680. The fraction of sp³-hybridized carbons (Fsp3) is 0.429. The molecule has 2 atom stereocenters. The summed E-state index contributed by atoms with van der Waals surface area (Å²) in [6.07, 6.45) is 4.46. The molecule has 0 spiro atoms. The normalized spacial score (nSPS) is 21.8. The van der Waals surface area contributed by atoms with Crippen LogP contribution in [-0.2, 0) is 9.59 Å². The molecule has 1 saturated heterocycles. The summed E-state index contributed by atoms with van der Waals surface area (Å²) in [6.45, 7) is 1.99. The molecular formula is C14H17NNaO3-. The van der Waals surface area contributed by atoms with E-state index in [0.717, 1.165) is 24.8 Å². The first-order valence-corrected chi connectivity index (χ1v) is 5.99. The quantitative estimate of drug-likeness (QED) is 0.396. The van der Waals surface area contributed by atoms with E-state index in [1.807, 2.05) is 37.3 Å². The molecule has 1 aliphatic rings. The number of rotatable bonds is 2. The van der Waals surface area contributed by atoms with Crippen LogP contribution in [0.1, 0.15) is 37.8 Å². The maximum atomic E-state index is 11.7. The van der Waals surface area contributed by atoms with Gasteiger partial charge in [0.05, 0.1) is 6.04 Å². The molecule has 0 aliphatic carbocycles. The number of piperidine rings is 1. The van der Waals surface area contributed by atoms with E-state index in [2.05, 4.69) is 0 Å². The maximum absolute atomic E-state index is 11.7. The van der Waals surface area contributed by atoms with Crippen molar-refractivity contribution >= 4 is 12.2 Å². The molecule has 4 nitrogen and oxygen atoms in total. The van der Waals surface area contributed by atoms with Gasteiger partial charge < -0.3 is 20.0 Å². The van der Waals surface area contributed by atoms with Crippen molar-refractivity contribution in [2.75, 3.05) is 0 Å². The summed E-state index contributed by atoms with van der Waals surface area (Å²) in [4.78, 5) is 23.9. The van der Waals surface area contributed by atoms with Crippen LogP contribution in [0.25, 0.3) is 0 Å². The maximum Gasteiger partial charge on any atom is 1.00 e. The van der Waals surface area contributed by atoms with E-state index in [4.69, 9.17) is 0 Å². The number of hydrogen-bond acceptors (Lipinski definition) is 3. The van der Waals surface area contributed by atoms with Gasteiger partial charge in [0.15, 0.2) is 0 Å². The fourth-order valence-corrected chi connectivity index (χ4v) is 2.59. The Morgan fingerprint density at radius 3 is 2.47 bits per heavy atom. The standard InChI is InChI=1S/C14H16NO2.Na.H2O/c1-11-6-5-9-13(15(11)14(17)10-16)12-7-3-2-4-8-12;;/h2-4,7-8,11,13H,5-6,9H2,1H3;;1H2/q-1;+1;/p-1/t11-,13-;;/m0../s1. The molecule has 1 aromatic carbocycles. The van der Waals surface area contributed by atoms with Crippen molar-refractivity contribution in [3.63, 3.8) is 0 Å². The average molecular weight is 270 g/mol. The van der Waals surface area contributed by atoms with Gasteiger partial charge in [-0.3, -0.25) is 0 Å². The van der Waals surface area contributed by atoms with E-state index in [1.54, 1.807) is 4.90 Å². The van der Waals surface area contributed by atoms with Gasteiger partial charge in [-0.2, -0.15) is 6.29 Å². The van der Waals surface area contributed by atoms with Crippen LogP contribution >= 0.6 is 0 Å². The van der Waals surface area contributed by atoms with Crippen molar-refractivity contribution in [2.24, 2.45) is 0 Å². The Kier molecular flexibility index (Phi) is 8.18. The monoisotopic (exact) mass is 270 g/mol. The second-order valence-corrected chi connectivity index (χ2v) is 4.52. The first-order valence-electron chi connectivity index (χ1n) is 5.99. The molecule has 0 saturated carbocycles. The van der Waals surface area contributed by atoms with Crippen LogP contribution < -0.4 is 29.6 Å². The molecule has 0 bridgehead atoms. The second kappa shape index (κ2) is 8.48. The Bertz CT molecular complexity index is 410. The average Bonchev–Trinajstić information content (AvgIpc) is 2.38. The summed E-state index contributed by atoms with van der Waals surface area (Å²) < 4.78 is 0. The van der Waals surface area contributed by atoms with Gasteiger partial charge in [-0.15, -0.1) is 0 Å². The molecular weight excluding hydrogens is 253 g/mol. The van der Waals surface area contributed by atoms with Crippen LogP contribution in [0, 0.1) is 0 Å². The van der Waals surface area contributed by atoms with Gasteiger partial charge in [-0.1, -0.05) is 30.3 Å². The van der Waals surface area contributed by atoms with E-state index < -0.39 is 5.91 Å². The predicted molar refractivity (Wildman–Crippen MR) is 67.0 cm³/mol. The zero-order valence-electron chi connectivity index (χ0n) is 11.4. The first-order chi connectivity index (χ1) is 8.24. The van der Waals surface area contributed by atoms with E-state index in [9.17, 15) is 9.59 Å². The molecule has 1 aromatic rings. The van der Waals surface area contributed by atoms with Gasteiger partial charge in [0.25, 0.3) is 0 Å². The van der Waals surface area contributed by atoms with Crippen LogP contribution in [0.15, 0.2) is 30.3 Å². The zero-order valence-corrected chi connectivity index (χ0v) is 13.4. The number of carbonyl (C=O) groups excluding carboxylic acids is 2. The molecule has 98 valence electrons. The molecule has 0 unspecified atom stereocenters. The SMILES string of the molecule is C[C@H]1CCC[C@@H](c2ccccc2)N1C(=O)[C-]=O.[Na+].[OH-]. The van der Waals surface area contributed by atoms with Gasteiger partial charge in [-0.25, -0.2) is 0 Å². The minimum absolute atomic E-state index is 0. The van der Waals surface area contributed by atoms with Crippen molar-refractivity contribution in [2.45, 2.75) is 38.3 Å². The van der Waals surface area contributed by atoms with Crippen LogP contribution in [0.4, 0.5) is 0 Å². The van der Waals surface area contributed by atoms with Gasteiger partial charge in [0, 0.05) is 6.04 Å².